The largest absolute Gasteiger partial charge is 0.397 e. The van der Waals surface area contributed by atoms with Gasteiger partial charge in [0.15, 0.2) is 0 Å². The van der Waals surface area contributed by atoms with Crippen molar-refractivity contribution in [1.29, 1.82) is 5.26 Å². The lowest BCUT2D eigenvalue weighted by Gasteiger charge is -2.41. The molecule has 2 saturated heterocycles. The molecule has 0 spiro atoms. The van der Waals surface area contributed by atoms with Crippen LogP contribution in [0.2, 0.25) is 0 Å². The van der Waals surface area contributed by atoms with Crippen LogP contribution >= 0.6 is 0 Å². The molecular formula is C17H24N4. The highest BCUT2D eigenvalue weighted by molar-refractivity contribution is 5.69. The molecule has 1 aromatic carbocycles. The van der Waals surface area contributed by atoms with Gasteiger partial charge in [0.05, 0.1) is 23.0 Å². The molecule has 0 unspecified atom stereocenters. The van der Waals surface area contributed by atoms with Gasteiger partial charge < -0.3 is 15.5 Å². The molecule has 0 amide bonds. The van der Waals surface area contributed by atoms with E-state index < -0.39 is 0 Å². The first-order valence-corrected chi connectivity index (χ1v) is 8.06. The number of hydrogen-bond acceptors (Lipinski definition) is 4. The molecule has 2 N–H and O–H groups in total. The summed E-state index contributed by atoms with van der Waals surface area (Å²) in [6, 6.07) is 8.54. The van der Waals surface area contributed by atoms with Gasteiger partial charge in [0.1, 0.15) is 0 Å². The molecule has 4 heteroatoms. The molecule has 4 nitrogen and oxygen atoms in total. The van der Waals surface area contributed by atoms with Crippen LogP contribution in [-0.2, 0) is 0 Å². The summed E-state index contributed by atoms with van der Waals surface area (Å²) in [5.74, 6) is 0. The Hall–Kier alpha value is -1.73. The standard InChI is InChI=1S/C17H24N4/c18-13-14-4-5-17(16(19)12-14)21-10-6-15(7-11-21)20-8-2-1-3-9-20/h4-5,12,15H,1-3,6-11,19H2. The highest BCUT2D eigenvalue weighted by atomic mass is 15.2. The van der Waals surface area contributed by atoms with Gasteiger partial charge in [0.2, 0.25) is 0 Å². The molecule has 3 rings (SSSR count). The van der Waals surface area contributed by atoms with E-state index in [0.717, 1.165) is 30.5 Å². The van der Waals surface area contributed by atoms with E-state index in [2.05, 4.69) is 15.9 Å². The average molecular weight is 284 g/mol. The first-order chi connectivity index (χ1) is 10.3. The lowest BCUT2D eigenvalue weighted by Crippen LogP contribution is -2.46. The first kappa shape index (κ1) is 14.2. The lowest BCUT2D eigenvalue weighted by atomic mass is 9.99. The Kier molecular flexibility index (Phi) is 4.31. The molecule has 0 radical (unpaired) electrons. The van der Waals surface area contributed by atoms with Crippen molar-refractivity contribution < 1.29 is 0 Å². The van der Waals surface area contributed by atoms with Crippen LogP contribution in [0.15, 0.2) is 18.2 Å². The second-order valence-corrected chi connectivity index (χ2v) is 6.20. The molecule has 2 aliphatic heterocycles. The van der Waals surface area contributed by atoms with E-state index in [9.17, 15) is 0 Å². The number of likely N-dealkylation sites (tertiary alicyclic amines) is 1. The maximum absolute atomic E-state index is 8.92. The van der Waals surface area contributed by atoms with Crippen LogP contribution < -0.4 is 10.6 Å². The summed E-state index contributed by atoms with van der Waals surface area (Å²) in [7, 11) is 0. The predicted molar refractivity (Wildman–Crippen MR) is 86.2 cm³/mol. The van der Waals surface area contributed by atoms with Gasteiger partial charge >= 0.3 is 0 Å². The van der Waals surface area contributed by atoms with E-state index in [-0.39, 0.29) is 0 Å². The number of hydrogen-bond donors (Lipinski definition) is 1. The summed E-state index contributed by atoms with van der Waals surface area (Å²) in [6.45, 7) is 4.70. The van der Waals surface area contributed by atoms with Crippen molar-refractivity contribution in [2.75, 3.05) is 36.8 Å². The molecule has 0 atom stereocenters. The maximum atomic E-state index is 8.92. The predicted octanol–water partition coefficient (Wildman–Crippen LogP) is 2.60. The summed E-state index contributed by atoms with van der Waals surface area (Å²) < 4.78 is 0. The van der Waals surface area contributed by atoms with Crippen molar-refractivity contribution >= 4 is 11.4 Å². The van der Waals surface area contributed by atoms with Crippen LogP contribution in [0.3, 0.4) is 0 Å². The van der Waals surface area contributed by atoms with Crippen molar-refractivity contribution in [1.82, 2.24) is 4.90 Å². The van der Waals surface area contributed by atoms with E-state index in [1.165, 1.54) is 45.2 Å². The van der Waals surface area contributed by atoms with E-state index in [1.807, 2.05) is 12.1 Å². The first-order valence-electron chi connectivity index (χ1n) is 8.06. The molecule has 2 fully saturated rings. The Bertz CT molecular complexity index is 520. The van der Waals surface area contributed by atoms with Gasteiger partial charge in [-0.05, 0) is 57.0 Å². The van der Waals surface area contributed by atoms with Crippen LogP contribution in [0.5, 0.6) is 0 Å². The summed E-state index contributed by atoms with van der Waals surface area (Å²) in [5, 5.41) is 8.92. The smallest absolute Gasteiger partial charge is 0.0992 e. The number of nitriles is 1. The minimum Gasteiger partial charge on any atom is -0.397 e. The monoisotopic (exact) mass is 284 g/mol. The molecule has 0 aromatic heterocycles. The molecule has 2 heterocycles. The Morgan fingerprint density at radius 2 is 1.76 bits per heavy atom. The Morgan fingerprint density at radius 3 is 2.38 bits per heavy atom. The zero-order valence-corrected chi connectivity index (χ0v) is 12.6. The summed E-state index contributed by atoms with van der Waals surface area (Å²) in [6.07, 6.45) is 6.57. The van der Waals surface area contributed by atoms with Gasteiger partial charge in [-0.3, -0.25) is 0 Å². The minimum absolute atomic E-state index is 0.638. The SMILES string of the molecule is N#Cc1ccc(N2CCC(N3CCCCC3)CC2)c(N)c1. The van der Waals surface area contributed by atoms with Gasteiger partial charge in [-0.1, -0.05) is 6.42 Å². The zero-order valence-electron chi connectivity index (χ0n) is 12.6. The van der Waals surface area contributed by atoms with Crippen molar-refractivity contribution in [2.45, 2.75) is 38.1 Å². The van der Waals surface area contributed by atoms with Gasteiger partial charge in [-0.2, -0.15) is 5.26 Å². The second kappa shape index (κ2) is 6.36. The molecule has 2 aliphatic rings. The molecule has 0 bridgehead atoms. The van der Waals surface area contributed by atoms with Crippen LogP contribution in [-0.4, -0.2) is 37.1 Å². The topological polar surface area (TPSA) is 56.3 Å². The highest BCUT2D eigenvalue weighted by Gasteiger charge is 2.26. The lowest BCUT2D eigenvalue weighted by molar-refractivity contribution is 0.141. The number of nitrogens with zero attached hydrogens (tertiary/aromatic N) is 3. The molecule has 1 aromatic rings. The van der Waals surface area contributed by atoms with Crippen molar-refractivity contribution in [2.24, 2.45) is 0 Å². The van der Waals surface area contributed by atoms with Gasteiger partial charge in [-0.25, -0.2) is 0 Å². The molecule has 0 saturated carbocycles. The number of benzene rings is 1. The number of rotatable bonds is 2. The van der Waals surface area contributed by atoms with E-state index >= 15 is 0 Å². The fraction of sp³-hybridized carbons (Fsp3) is 0.588. The Balaban J connectivity index is 1.61. The van der Waals surface area contributed by atoms with Crippen molar-refractivity contribution in [3.63, 3.8) is 0 Å². The zero-order chi connectivity index (χ0) is 14.7. The van der Waals surface area contributed by atoms with Crippen molar-refractivity contribution in [3.8, 4) is 6.07 Å². The maximum Gasteiger partial charge on any atom is 0.0992 e. The van der Waals surface area contributed by atoms with E-state index in [1.54, 1.807) is 6.07 Å². The minimum atomic E-state index is 0.638. The van der Waals surface area contributed by atoms with E-state index in [4.69, 9.17) is 11.0 Å². The third kappa shape index (κ3) is 3.14. The molecular weight excluding hydrogens is 260 g/mol. The number of anilines is 2. The Labute approximate surface area is 127 Å². The van der Waals surface area contributed by atoms with Gasteiger partial charge in [-0.15, -0.1) is 0 Å². The summed E-state index contributed by atoms with van der Waals surface area (Å²) >= 11 is 0. The van der Waals surface area contributed by atoms with Crippen LogP contribution in [0, 0.1) is 11.3 Å². The molecule has 0 aliphatic carbocycles. The third-order valence-corrected chi connectivity index (χ3v) is 4.87. The number of nitrogen functional groups attached to an aromatic ring is 1. The van der Waals surface area contributed by atoms with Gasteiger partial charge in [0.25, 0.3) is 0 Å². The fourth-order valence-corrected chi connectivity index (χ4v) is 3.67. The molecule has 21 heavy (non-hydrogen) atoms. The van der Waals surface area contributed by atoms with Crippen LogP contribution in [0.25, 0.3) is 0 Å². The quantitative estimate of drug-likeness (QED) is 0.848. The van der Waals surface area contributed by atoms with Crippen LogP contribution in [0.1, 0.15) is 37.7 Å². The van der Waals surface area contributed by atoms with Gasteiger partial charge in [0, 0.05) is 19.1 Å². The summed E-state index contributed by atoms with van der Waals surface area (Å²) in [4.78, 5) is 5.06. The fourth-order valence-electron chi connectivity index (χ4n) is 3.67. The molecule has 112 valence electrons. The number of nitrogens with two attached hydrogens (primary N) is 1. The second-order valence-electron chi connectivity index (χ2n) is 6.20. The number of piperidine rings is 2. The summed E-state index contributed by atoms with van der Waals surface area (Å²) in [5.41, 5.74) is 8.56. The Morgan fingerprint density at radius 1 is 1.05 bits per heavy atom. The van der Waals surface area contributed by atoms with Crippen LogP contribution in [0.4, 0.5) is 11.4 Å². The third-order valence-electron chi connectivity index (χ3n) is 4.87. The van der Waals surface area contributed by atoms with E-state index in [0.29, 0.717) is 5.56 Å². The highest BCUT2D eigenvalue weighted by Crippen LogP contribution is 2.29. The normalized spacial score (nSPS) is 21.2. The average Bonchev–Trinajstić information content (AvgIpc) is 2.56. The van der Waals surface area contributed by atoms with Crippen molar-refractivity contribution in [3.05, 3.63) is 23.8 Å².